The molecule has 1 N–H and O–H groups in total. The Morgan fingerprint density at radius 3 is 2.24 bits per heavy atom. The number of hydrogen-bond donors (Lipinski definition) is 1. The molecule has 1 aliphatic rings. The molecule has 1 aromatic rings. The summed E-state index contributed by atoms with van der Waals surface area (Å²) in [6, 6.07) is 6.15. The highest BCUT2D eigenvalue weighted by molar-refractivity contribution is 7.89. The number of nitrogens with one attached hydrogen (secondary N) is 1. The van der Waals surface area contributed by atoms with Crippen LogP contribution in [0, 0.1) is 0 Å². The van der Waals surface area contributed by atoms with E-state index in [1.165, 1.54) is 10.4 Å². The first-order valence-electron chi connectivity index (χ1n) is 8.33. The van der Waals surface area contributed by atoms with Crippen molar-refractivity contribution >= 4 is 27.5 Å². The van der Waals surface area contributed by atoms with E-state index in [1.807, 2.05) is 32.6 Å². The maximum absolute atomic E-state index is 12.7. The van der Waals surface area contributed by atoms with E-state index < -0.39 is 10.0 Å². The lowest BCUT2D eigenvalue weighted by molar-refractivity contribution is -0.127. The number of benzene rings is 1. The predicted molar refractivity (Wildman–Crippen MR) is 99.1 cm³/mol. The quantitative estimate of drug-likeness (QED) is 0.857. The highest BCUT2D eigenvalue weighted by Crippen LogP contribution is 2.25. The summed E-state index contributed by atoms with van der Waals surface area (Å²) in [5, 5.41) is 3.19. The van der Waals surface area contributed by atoms with Crippen LogP contribution < -0.4 is 5.32 Å². The molecule has 0 spiro atoms. The van der Waals surface area contributed by atoms with E-state index in [4.69, 9.17) is 11.6 Å². The number of rotatable bonds is 4. The first-order valence-corrected chi connectivity index (χ1v) is 10.1. The number of halogens is 1. The van der Waals surface area contributed by atoms with Gasteiger partial charge in [0, 0.05) is 31.7 Å². The second-order valence-electron chi connectivity index (χ2n) is 7.29. The Bertz CT molecular complexity index is 723. The summed E-state index contributed by atoms with van der Waals surface area (Å²) >= 11 is 6.04. The Labute approximate surface area is 155 Å². The predicted octanol–water partition coefficient (Wildman–Crippen LogP) is 1.95. The third kappa shape index (κ3) is 4.94. The molecule has 1 saturated heterocycles. The zero-order valence-corrected chi connectivity index (χ0v) is 16.7. The Hall–Kier alpha value is -1.15. The van der Waals surface area contributed by atoms with E-state index in [9.17, 15) is 13.2 Å². The summed E-state index contributed by atoms with van der Waals surface area (Å²) < 4.78 is 26.9. The Morgan fingerprint density at radius 2 is 1.72 bits per heavy atom. The van der Waals surface area contributed by atoms with Gasteiger partial charge in [-0.2, -0.15) is 4.31 Å². The molecule has 0 unspecified atom stereocenters. The van der Waals surface area contributed by atoms with Crippen molar-refractivity contribution < 1.29 is 13.2 Å². The van der Waals surface area contributed by atoms with Gasteiger partial charge in [-0.15, -0.1) is 0 Å². The molecule has 1 aromatic carbocycles. The van der Waals surface area contributed by atoms with Crippen LogP contribution in [0.15, 0.2) is 29.2 Å². The maximum atomic E-state index is 12.7. The van der Waals surface area contributed by atoms with Gasteiger partial charge in [0.2, 0.25) is 15.9 Å². The third-order valence-electron chi connectivity index (χ3n) is 4.15. The molecule has 0 aromatic heterocycles. The number of carbonyl (C=O) groups excluding carboxylic acids is 1. The van der Waals surface area contributed by atoms with E-state index in [0.29, 0.717) is 26.2 Å². The highest BCUT2D eigenvalue weighted by Gasteiger charge is 2.33. The molecule has 1 atom stereocenters. The van der Waals surface area contributed by atoms with Gasteiger partial charge in [0.15, 0.2) is 0 Å². The lowest BCUT2D eigenvalue weighted by atomic mass is 10.1. The zero-order valence-electron chi connectivity index (χ0n) is 15.1. The second kappa shape index (κ2) is 7.61. The van der Waals surface area contributed by atoms with E-state index in [2.05, 4.69) is 5.32 Å². The molecule has 0 bridgehead atoms. The van der Waals surface area contributed by atoms with E-state index in [0.717, 1.165) is 0 Å². The molecule has 1 amide bonds. The summed E-state index contributed by atoms with van der Waals surface area (Å²) in [5.41, 5.74) is -0.291. The van der Waals surface area contributed by atoms with Crippen LogP contribution in [0.3, 0.4) is 0 Å². The number of amides is 1. The summed E-state index contributed by atoms with van der Waals surface area (Å²) in [6.07, 6.45) is 0. The van der Waals surface area contributed by atoms with Gasteiger partial charge in [-0.25, -0.2) is 8.42 Å². The van der Waals surface area contributed by atoms with Crippen LogP contribution in [-0.4, -0.2) is 61.3 Å². The van der Waals surface area contributed by atoms with Crippen molar-refractivity contribution in [1.29, 1.82) is 0 Å². The number of nitrogens with zero attached hydrogens (tertiary/aromatic N) is 2. The Kier molecular flexibility index (Phi) is 6.14. The van der Waals surface area contributed by atoms with Crippen LogP contribution in [0.1, 0.15) is 27.7 Å². The lowest BCUT2D eigenvalue weighted by Gasteiger charge is -2.37. The third-order valence-corrected chi connectivity index (χ3v) is 6.55. The van der Waals surface area contributed by atoms with E-state index >= 15 is 0 Å². The van der Waals surface area contributed by atoms with Gasteiger partial charge in [-0.05, 0) is 39.8 Å². The molecular formula is C17H26ClN3O3S. The second-order valence-corrected chi connectivity index (χ2v) is 9.60. The molecule has 140 valence electrons. The molecule has 1 fully saturated rings. The molecule has 8 heteroatoms. The Morgan fingerprint density at radius 1 is 1.16 bits per heavy atom. The first kappa shape index (κ1) is 20.2. The summed E-state index contributed by atoms with van der Waals surface area (Å²) in [7, 11) is -3.62. The van der Waals surface area contributed by atoms with Gasteiger partial charge in [-0.3, -0.25) is 9.69 Å². The van der Waals surface area contributed by atoms with Crippen LogP contribution in [0.5, 0.6) is 0 Å². The fraction of sp³-hybridized carbons (Fsp3) is 0.588. The molecule has 6 nitrogen and oxygen atoms in total. The topological polar surface area (TPSA) is 69.7 Å². The largest absolute Gasteiger partial charge is 0.350 e. The van der Waals surface area contributed by atoms with Crippen LogP contribution >= 0.6 is 11.6 Å². The van der Waals surface area contributed by atoms with Crippen LogP contribution in [-0.2, 0) is 14.8 Å². The maximum Gasteiger partial charge on any atom is 0.244 e. The van der Waals surface area contributed by atoms with Crippen LogP contribution in [0.4, 0.5) is 0 Å². The number of hydrogen-bond acceptors (Lipinski definition) is 4. The van der Waals surface area contributed by atoms with Crippen molar-refractivity contribution in [2.75, 3.05) is 26.2 Å². The van der Waals surface area contributed by atoms with E-state index in [1.54, 1.807) is 18.2 Å². The van der Waals surface area contributed by atoms with Gasteiger partial charge in [-0.1, -0.05) is 23.7 Å². The standard InChI is InChI=1S/C17H26ClN3O3S/c1-13(16(22)19-17(2,3)4)20-9-11-21(12-10-20)25(23,24)15-8-6-5-7-14(15)18/h5-8,13H,9-12H2,1-4H3,(H,19,22)/t13-/m0/s1. The molecule has 2 rings (SSSR count). The van der Waals surface area contributed by atoms with Gasteiger partial charge in [0.05, 0.1) is 11.1 Å². The molecule has 25 heavy (non-hydrogen) atoms. The summed E-state index contributed by atoms with van der Waals surface area (Å²) in [5.74, 6) is -0.0464. The van der Waals surface area contributed by atoms with E-state index in [-0.39, 0.29) is 27.4 Å². The molecule has 1 aliphatic heterocycles. The summed E-state index contributed by atoms with van der Waals surface area (Å²) in [4.78, 5) is 14.4. The fourth-order valence-corrected chi connectivity index (χ4v) is 4.68. The molecule has 0 radical (unpaired) electrons. The van der Waals surface area contributed by atoms with Crippen LogP contribution in [0.25, 0.3) is 0 Å². The zero-order chi connectivity index (χ0) is 18.8. The minimum absolute atomic E-state index is 0.0464. The molecule has 0 aliphatic carbocycles. The molecule has 0 saturated carbocycles. The average molecular weight is 388 g/mol. The molecular weight excluding hydrogens is 362 g/mol. The van der Waals surface area contributed by atoms with Crippen molar-refractivity contribution in [3.63, 3.8) is 0 Å². The van der Waals surface area contributed by atoms with Gasteiger partial charge >= 0.3 is 0 Å². The van der Waals surface area contributed by atoms with Crippen molar-refractivity contribution in [2.24, 2.45) is 0 Å². The first-order chi connectivity index (χ1) is 11.5. The van der Waals surface area contributed by atoms with Gasteiger partial charge < -0.3 is 5.32 Å². The van der Waals surface area contributed by atoms with Gasteiger partial charge in [0.1, 0.15) is 4.90 Å². The van der Waals surface area contributed by atoms with Crippen molar-refractivity contribution in [3.8, 4) is 0 Å². The van der Waals surface area contributed by atoms with Crippen LogP contribution in [0.2, 0.25) is 5.02 Å². The molecule has 1 heterocycles. The summed E-state index contributed by atoms with van der Waals surface area (Å²) in [6.45, 7) is 9.33. The Balaban J connectivity index is 2.02. The normalized spacial score (nSPS) is 18.8. The minimum atomic E-state index is -3.62. The van der Waals surface area contributed by atoms with Crippen molar-refractivity contribution in [1.82, 2.24) is 14.5 Å². The van der Waals surface area contributed by atoms with Crippen molar-refractivity contribution in [3.05, 3.63) is 29.3 Å². The highest BCUT2D eigenvalue weighted by atomic mass is 35.5. The lowest BCUT2D eigenvalue weighted by Crippen LogP contribution is -2.56. The number of piperazine rings is 1. The van der Waals surface area contributed by atoms with Crippen molar-refractivity contribution in [2.45, 2.75) is 44.2 Å². The minimum Gasteiger partial charge on any atom is -0.350 e. The smallest absolute Gasteiger partial charge is 0.244 e. The average Bonchev–Trinajstić information content (AvgIpc) is 2.53. The number of carbonyl (C=O) groups is 1. The monoisotopic (exact) mass is 387 g/mol. The fourth-order valence-electron chi connectivity index (χ4n) is 2.76. The van der Waals surface area contributed by atoms with Gasteiger partial charge in [0.25, 0.3) is 0 Å². The number of sulfonamides is 1. The SMILES string of the molecule is C[C@@H](C(=O)NC(C)(C)C)N1CCN(S(=O)(=O)c2ccccc2Cl)CC1.